The fraction of sp³-hybridized carbons (Fsp3) is 0.440. The highest BCUT2D eigenvalue weighted by Crippen LogP contribution is 2.32. The highest BCUT2D eigenvalue weighted by atomic mass is 19.2. The van der Waals surface area contributed by atoms with Crippen LogP contribution in [-0.2, 0) is 13.1 Å². The molecule has 1 saturated heterocycles. The lowest BCUT2D eigenvalue weighted by atomic mass is 10.0. The van der Waals surface area contributed by atoms with Gasteiger partial charge in [0.05, 0.1) is 18.8 Å². The predicted octanol–water partition coefficient (Wildman–Crippen LogP) is 2.30. The zero-order valence-corrected chi connectivity index (χ0v) is 19.8. The molecule has 8 nitrogen and oxygen atoms in total. The van der Waals surface area contributed by atoms with Gasteiger partial charge in [0, 0.05) is 55.8 Å². The van der Waals surface area contributed by atoms with Crippen LogP contribution in [0.1, 0.15) is 24.4 Å². The number of hydrogen-bond donors (Lipinski definition) is 2. The van der Waals surface area contributed by atoms with Crippen LogP contribution in [0.4, 0.5) is 14.5 Å². The van der Waals surface area contributed by atoms with E-state index in [9.17, 15) is 18.4 Å². The molecule has 1 aromatic carbocycles. The first-order valence-electron chi connectivity index (χ1n) is 11.8. The first-order valence-corrected chi connectivity index (χ1v) is 11.8. The van der Waals surface area contributed by atoms with Gasteiger partial charge in [-0.05, 0) is 44.1 Å². The summed E-state index contributed by atoms with van der Waals surface area (Å²) < 4.78 is 37.2. The van der Waals surface area contributed by atoms with Gasteiger partial charge in [-0.15, -0.1) is 0 Å². The molecule has 2 aromatic heterocycles. The number of rotatable bonds is 7. The Morgan fingerprint density at radius 3 is 2.46 bits per heavy atom. The molecule has 0 radical (unpaired) electrons. The summed E-state index contributed by atoms with van der Waals surface area (Å²) in [7, 11) is 2.94. The van der Waals surface area contributed by atoms with E-state index in [1.165, 1.54) is 7.11 Å². The number of likely N-dealkylation sites (tertiary alicyclic amines) is 1. The summed E-state index contributed by atoms with van der Waals surface area (Å²) in [6.07, 6.45) is 1.69. The van der Waals surface area contributed by atoms with Crippen molar-refractivity contribution in [1.82, 2.24) is 19.4 Å². The van der Waals surface area contributed by atoms with Gasteiger partial charge in [0.2, 0.25) is 5.82 Å². The van der Waals surface area contributed by atoms with E-state index < -0.39 is 11.6 Å². The number of aromatic nitrogens is 2. The molecule has 0 unspecified atom stereocenters. The lowest BCUT2D eigenvalue weighted by molar-refractivity contribution is 0.171. The highest BCUT2D eigenvalue weighted by molar-refractivity contribution is 5.76. The molecule has 3 aromatic rings. The first-order chi connectivity index (χ1) is 16.9. The monoisotopic (exact) mass is 485 g/mol. The molecule has 5 rings (SSSR count). The van der Waals surface area contributed by atoms with E-state index in [0.29, 0.717) is 24.4 Å². The zero-order valence-electron chi connectivity index (χ0n) is 19.8. The number of ether oxygens (including phenoxy) is 1. The summed E-state index contributed by atoms with van der Waals surface area (Å²) in [6.45, 7) is 3.00. The third kappa shape index (κ3) is 4.21. The van der Waals surface area contributed by atoms with Crippen molar-refractivity contribution in [1.29, 1.82) is 0 Å². The Kier molecular flexibility index (Phi) is 6.33. The van der Waals surface area contributed by atoms with Gasteiger partial charge in [-0.3, -0.25) is 18.7 Å². The van der Waals surface area contributed by atoms with Crippen LogP contribution in [0.25, 0.3) is 11.0 Å². The fourth-order valence-electron chi connectivity index (χ4n) is 5.34. The number of nitrogens with one attached hydrogen (secondary N) is 2. The molecule has 1 fully saturated rings. The van der Waals surface area contributed by atoms with Crippen molar-refractivity contribution in [3.63, 3.8) is 0 Å². The molecule has 0 amide bonds. The maximum Gasteiger partial charge on any atom is 0.252 e. The SMILES string of the molecule is CNc1cc(CNC2CCN(C[C@@H]3Cn4c(=O)ccc5ccc(=O)n3c54)CC2)c(F)c(F)c1OC. The number of piperidine rings is 1. The normalized spacial score (nSPS) is 18.3. The third-order valence-corrected chi connectivity index (χ3v) is 7.16. The lowest BCUT2D eigenvalue weighted by Crippen LogP contribution is -2.44. The van der Waals surface area contributed by atoms with Crippen LogP contribution in [0.3, 0.4) is 0 Å². The summed E-state index contributed by atoms with van der Waals surface area (Å²) >= 11 is 0. The standard InChI is InChI=1S/C25H29F2N5O3/c1-28-19-11-16(22(26)23(27)24(19)35-2)12-29-17-7-9-30(10-8-17)13-18-14-31-20(33)5-3-15-4-6-21(34)32(18)25(15)31/h3-6,11,17-18,28-29H,7-10,12-14H2,1-2H3/t18-/m1/s1. The number of pyridine rings is 2. The van der Waals surface area contributed by atoms with Gasteiger partial charge >= 0.3 is 0 Å². The minimum absolute atomic E-state index is 0.0918. The van der Waals surface area contributed by atoms with Gasteiger partial charge in [0.25, 0.3) is 11.1 Å². The van der Waals surface area contributed by atoms with E-state index in [4.69, 9.17) is 4.74 Å². The van der Waals surface area contributed by atoms with Gasteiger partial charge < -0.3 is 20.3 Å². The fourth-order valence-corrected chi connectivity index (χ4v) is 5.34. The smallest absolute Gasteiger partial charge is 0.252 e. The summed E-state index contributed by atoms with van der Waals surface area (Å²) in [5.74, 6) is -2.03. The molecule has 0 spiro atoms. The number of halogens is 2. The molecule has 35 heavy (non-hydrogen) atoms. The molecular weight excluding hydrogens is 456 g/mol. The molecule has 0 aliphatic carbocycles. The molecule has 186 valence electrons. The Labute approximate surface area is 201 Å². The molecule has 2 aliphatic heterocycles. The quantitative estimate of drug-likeness (QED) is 0.535. The van der Waals surface area contributed by atoms with E-state index in [1.54, 1.807) is 46.5 Å². The maximum atomic E-state index is 14.5. The first kappa shape index (κ1) is 23.5. The van der Waals surface area contributed by atoms with E-state index in [-0.39, 0.29) is 41.1 Å². The van der Waals surface area contributed by atoms with Crippen LogP contribution in [0.5, 0.6) is 5.75 Å². The van der Waals surface area contributed by atoms with E-state index in [0.717, 1.165) is 31.3 Å². The van der Waals surface area contributed by atoms with E-state index in [2.05, 4.69) is 15.5 Å². The Balaban J connectivity index is 1.21. The Morgan fingerprint density at radius 1 is 1.06 bits per heavy atom. The van der Waals surface area contributed by atoms with Gasteiger partial charge in [-0.2, -0.15) is 4.39 Å². The van der Waals surface area contributed by atoms with Gasteiger partial charge in [-0.1, -0.05) is 0 Å². The largest absolute Gasteiger partial charge is 0.491 e. The second-order valence-corrected chi connectivity index (χ2v) is 9.21. The average molecular weight is 486 g/mol. The Morgan fingerprint density at radius 2 is 1.77 bits per heavy atom. The number of hydrogen-bond acceptors (Lipinski definition) is 6. The van der Waals surface area contributed by atoms with Crippen molar-refractivity contribution in [2.45, 2.75) is 38.0 Å². The zero-order chi connectivity index (χ0) is 24.7. The Hall–Kier alpha value is -3.24. The molecule has 4 heterocycles. The minimum Gasteiger partial charge on any atom is -0.491 e. The summed E-state index contributed by atoms with van der Waals surface area (Å²) in [5.41, 5.74) is 1.16. The van der Waals surface area contributed by atoms with Gasteiger partial charge in [0.15, 0.2) is 11.6 Å². The van der Waals surface area contributed by atoms with Crippen LogP contribution in [0, 0.1) is 11.6 Å². The molecule has 2 N–H and O–H groups in total. The van der Waals surface area contributed by atoms with Gasteiger partial charge in [0.1, 0.15) is 5.65 Å². The predicted molar refractivity (Wildman–Crippen MR) is 130 cm³/mol. The molecule has 2 aliphatic rings. The highest BCUT2D eigenvalue weighted by Gasteiger charge is 2.29. The number of nitrogens with zero attached hydrogens (tertiary/aromatic N) is 3. The number of benzene rings is 1. The van der Waals surface area contributed by atoms with Crippen molar-refractivity contribution < 1.29 is 13.5 Å². The van der Waals surface area contributed by atoms with E-state index in [1.807, 2.05) is 0 Å². The van der Waals surface area contributed by atoms with Crippen LogP contribution in [0.2, 0.25) is 0 Å². The lowest BCUT2D eigenvalue weighted by Gasteiger charge is -2.34. The summed E-state index contributed by atoms with van der Waals surface area (Å²) in [4.78, 5) is 27.3. The van der Waals surface area contributed by atoms with Crippen LogP contribution >= 0.6 is 0 Å². The third-order valence-electron chi connectivity index (χ3n) is 7.16. The summed E-state index contributed by atoms with van der Waals surface area (Å²) in [5, 5.41) is 7.08. The van der Waals surface area contributed by atoms with Crippen molar-refractivity contribution in [2.75, 3.05) is 39.1 Å². The topological polar surface area (TPSA) is 80.5 Å². The minimum atomic E-state index is -0.993. The second kappa shape index (κ2) is 9.43. The maximum absolute atomic E-state index is 14.5. The van der Waals surface area contributed by atoms with Gasteiger partial charge in [-0.25, -0.2) is 4.39 Å². The van der Waals surface area contributed by atoms with E-state index >= 15 is 0 Å². The molecule has 0 saturated carbocycles. The molecule has 1 atom stereocenters. The number of methoxy groups -OCH3 is 1. The van der Waals surface area contributed by atoms with Crippen molar-refractivity contribution in [2.24, 2.45) is 0 Å². The van der Waals surface area contributed by atoms with Crippen LogP contribution in [-0.4, -0.2) is 53.9 Å². The van der Waals surface area contributed by atoms with Crippen LogP contribution < -0.4 is 26.5 Å². The van der Waals surface area contributed by atoms with Crippen molar-refractivity contribution in [3.8, 4) is 5.75 Å². The van der Waals surface area contributed by atoms with Crippen molar-refractivity contribution >= 4 is 16.7 Å². The van der Waals surface area contributed by atoms with Crippen molar-refractivity contribution in [3.05, 3.63) is 68.2 Å². The summed E-state index contributed by atoms with van der Waals surface area (Å²) in [6, 6.07) is 8.28. The molecule has 0 bridgehead atoms. The Bertz CT molecular complexity index is 1370. The molecular formula is C25H29F2N5O3. The second-order valence-electron chi connectivity index (χ2n) is 9.21. The average Bonchev–Trinajstić information content (AvgIpc) is 3.25. The number of anilines is 1. The molecule has 10 heteroatoms. The van der Waals surface area contributed by atoms with Crippen LogP contribution in [0.15, 0.2) is 39.9 Å².